The van der Waals surface area contributed by atoms with E-state index in [1.165, 1.54) is 7.11 Å². The van der Waals surface area contributed by atoms with Crippen molar-refractivity contribution < 1.29 is 19.1 Å². The molecule has 106 valence electrons. The number of nitrogens with one attached hydrogen (secondary N) is 1. The van der Waals surface area contributed by atoms with Crippen molar-refractivity contribution in [3.05, 3.63) is 12.7 Å². The number of carbonyl (C=O) groups is 3. The summed E-state index contributed by atoms with van der Waals surface area (Å²) < 4.78 is 4.76. The highest BCUT2D eigenvalue weighted by Crippen LogP contribution is 2.30. The van der Waals surface area contributed by atoms with Crippen molar-refractivity contribution in [2.75, 3.05) is 20.2 Å². The molecule has 2 amide bonds. The van der Waals surface area contributed by atoms with E-state index in [9.17, 15) is 14.4 Å². The molecule has 1 atom stereocenters. The van der Waals surface area contributed by atoms with Gasteiger partial charge in [-0.05, 0) is 25.8 Å². The van der Waals surface area contributed by atoms with Crippen molar-refractivity contribution in [3.8, 4) is 0 Å². The Labute approximate surface area is 112 Å². The number of ether oxygens (including phenoxy) is 1. The smallest absolute Gasteiger partial charge is 0.331 e. The van der Waals surface area contributed by atoms with Crippen LogP contribution >= 0.6 is 0 Å². The first-order valence-corrected chi connectivity index (χ1v) is 6.25. The van der Waals surface area contributed by atoms with E-state index >= 15 is 0 Å². The number of rotatable bonds is 5. The molecule has 0 aromatic carbocycles. The Bertz CT molecular complexity index is 394. The van der Waals surface area contributed by atoms with E-state index in [0.717, 1.165) is 12.5 Å². The summed E-state index contributed by atoms with van der Waals surface area (Å²) in [6.07, 6.45) is 2.69. The van der Waals surface area contributed by atoms with Crippen LogP contribution in [0.25, 0.3) is 0 Å². The van der Waals surface area contributed by atoms with Gasteiger partial charge in [-0.15, -0.1) is 0 Å². The summed E-state index contributed by atoms with van der Waals surface area (Å²) >= 11 is 0. The van der Waals surface area contributed by atoms with Crippen molar-refractivity contribution in [2.45, 2.75) is 31.7 Å². The Hall–Kier alpha value is -1.85. The Balaban J connectivity index is 2.58. The summed E-state index contributed by atoms with van der Waals surface area (Å²) in [5.41, 5.74) is -0.881. The molecule has 1 N–H and O–H groups in total. The molecule has 0 aromatic heterocycles. The summed E-state index contributed by atoms with van der Waals surface area (Å²) in [5, 5.41) is 2.54. The summed E-state index contributed by atoms with van der Waals surface area (Å²) in [5.74, 6) is -0.867. The van der Waals surface area contributed by atoms with Crippen molar-refractivity contribution >= 4 is 17.8 Å². The minimum Gasteiger partial charge on any atom is -0.467 e. The molecule has 0 unspecified atom stereocenters. The van der Waals surface area contributed by atoms with Gasteiger partial charge in [0.15, 0.2) is 0 Å². The third-order valence-corrected chi connectivity index (χ3v) is 3.39. The maximum atomic E-state index is 12.1. The molecule has 1 fully saturated rings. The van der Waals surface area contributed by atoms with Crippen LogP contribution < -0.4 is 5.32 Å². The molecule has 0 aliphatic carbocycles. The highest BCUT2D eigenvalue weighted by Gasteiger charge is 2.46. The number of likely N-dealkylation sites (tertiary alicyclic amines) is 1. The molecule has 6 heteroatoms. The molecule has 0 bridgehead atoms. The number of methoxy groups -OCH3 is 1. The van der Waals surface area contributed by atoms with E-state index in [1.54, 1.807) is 11.8 Å². The Morgan fingerprint density at radius 1 is 1.47 bits per heavy atom. The van der Waals surface area contributed by atoms with E-state index in [0.29, 0.717) is 13.0 Å². The van der Waals surface area contributed by atoms with Gasteiger partial charge >= 0.3 is 5.97 Å². The molecular formula is C13H20N2O4. The van der Waals surface area contributed by atoms with Crippen LogP contribution in [0.4, 0.5) is 0 Å². The summed E-state index contributed by atoms with van der Waals surface area (Å²) in [4.78, 5) is 36.4. The lowest BCUT2D eigenvalue weighted by molar-refractivity contribution is -0.158. The van der Waals surface area contributed by atoms with Crippen molar-refractivity contribution in [2.24, 2.45) is 0 Å². The fraction of sp³-hybridized carbons (Fsp3) is 0.615. The predicted molar refractivity (Wildman–Crippen MR) is 69.2 cm³/mol. The van der Waals surface area contributed by atoms with Gasteiger partial charge in [0.1, 0.15) is 5.54 Å². The topological polar surface area (TPSA) is 75.7 Å². The summed E-state index contributed by atoms with van der Waals surface area (Å²) in [6, 6.07) is 0. The third kappa shape index (κ3) is 3.33. The minimum absolute atomic E-state index is 0.158. The Morgan fingerprint density at radius 2 is 2.16 bits per heavy atom. The Kier molecular flexibility index (Phi) is 5.09. The van der Waals surface area contributed by atoms with Crippen LogP contribution in [0.2, 0.25) is 0 Å². The monoisotopic (exact) mass is 268 g/mol. The van der Waals surface area contributed by atoms with Crippen LogP contribution in [0.15, 0.2) is 12.7 Å². The first kappa shape index (κ1) is 15.2. The highest BCUT2D eigenvalue weighted by molar-refractivity contribution is 5.89. The second-order valence-electron chi connectivity index (χ2n) is 4.66. The lowest BCUT2D eigenvalue weighted by atomic mass is 9.99. The van der Waals surface area contributed by atoms with Gasteiger partial charge in [0, 0.05) is 19.5 Å². The molecule has 0 aromatic rings. The van der Waals surface area contributed by atoms with Gasteiger partial charge in [0.2, 0.25) is 11.8 Å². The SMILES string of the molecule is C=CC(=O)NCCC(=O)N1CCC[C@@]1(C)C(=O)OC. The number of hydrogen-bond acceptors (Lipinski definition) is 4. The van der Waals surface area contributed by atoms with Crippen LogP contribution in [0.5, 0.6) is 0 Å². The number of esters is 1. The number of amides is 2. The van der Waals surface area contributed by atoms with Gasteiger partial charge < -0.3 is 15.0 Å². The molecular weight excluding hydrogens is 248 g/mol. The highest BCUT2D eigenvalue weighted by atomic mass is 16.5. The summed E-state index contributed by atoms with van der Waals surface area (Å²) in [6.45, 7) is 5.81. The van der Waals surface area contributed by atoms with E-state index in [2.05, 4.69) is 11.9 Å². The van der Waals surface area contributed by atoms with Crippen LogP contribution in [-0.2, 0) is 19.1 Å². The van der Waals surface area contributed by atoms with Crippen molar-refractivity contribution in [1.29, 1.82) is 0 Å². The molecule has 0 saturated carbocycles. The maximum Gasteiger partial charge on any atom is 0.331 e. The second kappa shape index (κ2) is 6.36. The van der Waals surface area contributed by atoms with Gasteiger partial charge in [-0.2, -0.15) is 0 Å². The van der Waals surface area contributed by atoms with E-state index < -0.39 is 11.5 Å². The number of nitrogens with zero attached hydrogens (tertiary/aromatic N) is 1. The number of hydrogen-bond donors (Lipinski definition) is 1. The van der Waals surface area contributed by atoms with E-state index in [-0.39, 0.29) is 24.8 Å². The molecule has 19 heavy (non-hydrogen) atoms. The number of carbonyl (C=O) groups excluding carboxylic acids is 3. The molecule has 1 aliphatic rings. The lowest BCUT2D eigenvalue weighted by Gasteiger charge is -2.32. The van der Waals surface area contributed by atoms with Crippen molar-refractivity contribution in [1.82, 2.24) is 10.2 Å². The molecule has 6 nitrogen and oxygen atoms in total. The molecule has 1 rings (SSSR count). The molecule has 0 spiro atoms. The third-order valence-electron chi connectivity index (χ3n) is 3.39. The van der Waals surface area contributed by atoms with Gasteiger partial charge in [0.25, 0.3) is 0 Å². The lowest BCUT2D eigenvalue weighted by Crippen LogP contribution is -2.51. The van der Waals surface area contributed by atoms with Gasteiger partial charge in [0.05, 0.1) is 7.11 Å². The molecule has 1 saturated heterocycles. The average Bonchev–Trinajstić information content (AvgIpc) is 2.80. The van der Waals surface area contributed by atoms with E-state index in [1.807, 2.05) is 0 Å². The zero-order valence-electron chi connectivity index (χ0n) is 11.4. The quantitative estimate of drug-likeness (QED) is 0.572. The Morgan fingerprint density at radius 3 is 2.74 bits per heavy atom. The largest absolute Gasteiger partial charge is 0.467 e. The fourth-order valence-electron chi connectivity index (χ4n) is 2.29. The predicted octanol–water partition coefficient (Wildman–Crippen LogP) is 0.233. The van der Waals surface area contributed by atoms with Gasteiger partial charge in [-0.1, -0.05) is 6.58 Å². The van der Waals surface area contributed by atoms with Crippen LogP contribution in [0.3, 0.4) is 0 Å². The van der Waals surface area contributed by atoms with Crippen molar-refractivity contribution in [3.63, 3.8) is 0 Å². The van der Waals surface area contributed by atoms with Gasteiger partial charge in [-0.25, -0.2) is 4.79 Å². The maximum absolute atomic E-state index is 12.1. The van der Waals surface area contributed by atoms with Crippen LogP contribution in [0, 0.1) is 0 Å². The zero-order valence-corrected chi connectivity index (χ0v) is 11.4. The molecule has 0 radical (unpaired) electrons. The van der Waals surface area contributed by atoms with E-state index in [4.69, 9.17) is 4.74 Å². The van der Waals surface area contributed by atoms with Crippen LogP contribution in [-0.4, -0.2) is 48.4 Å². The first-order chi connectivity index (χ1) is 8.95. The second-order valence-corrected chi connectivity index (χ2v) is 4.66. The van der Waals surface area contributed by atoms with Crippen LogP contribution in [0.1, 0.15) is 26.2 Å². The zero-order chi connectivity index (χ0) is 14.5. The molecule has 1 heterocycles. The first-order valence-electron chi connectivity index (χ1n) is 6.25. The average molecular weight is 268 g/mol. The molecule has 1 aliphatic heterocycles. The minimum atomic E-state index is -0.881. The summed E-state index contributed by atoms with van der Waals surface area (Å²) in [7, 11) is 1.32. The normalized spacial score (nSPS) is 21.9. The van der Waals surface area contributed by atoms with Gasteiger partial charge in [-0.3, -0.25) is 9.59 Å². The fourth-order valence-corrected chi connectivity index (χ4v) is 2.29. The standard InChI is InChI=1S/C13H20N2O4/c1-4-10(16)14-8-6-11(17)15-9-5-7-13(15,2)12(18)19-3/h4H,1,5-9H2,2-3H3,(H,14,16)/t13-/m0/s1.